The van der Waals surface area contributed by atoms with Gasteiger partial charge >= 0.3 is 5.97 Å². The van der Waals surface area contributed by atoms with Crippen molar-refractivity contribution in [3.05, 3.63) is 48.0 Å². The van der Waals surface area contributed by atoms with Crippen LogP contribution in [0.5, 0.6) is 5.75 Å². The lowest BCUT2D eigenvalue weighted by molar-refractivity contribution is -0.143. The molecular formula is C26H35N7O7. The Morgan fingerprint density at radius 2 is 1.75 bits per heavy atom. The number of hydrogen-bond acceptors (Lipinski definition) is 8. The van der Waals surface area contributed by atoms with Gasteiger partial charge < -0.3 is 41.8 Å². The fourth-order valence-electron chi connectivity index (χ4n) is 4.40. The van der Waals surface area contributed by atoms with Crippen molar-refractivity contribution in [2.75, 3.05) is 6.54 Å². The standard InChI is InChI=1S/C26H35N7O7/c1-14(22(35)32-20(26(39)40)10-16-5-7-18(34)8-6-16)30-24(37)21-4-3-9-33(21)25(38)15(2)31-23(36)19(27)11-17-12-28-13-29-17/h5-8,12-15,19-21,34H,3-4,9-11,27H2,1-2H3,(H,28,29)(H,30,37)(H,31,36)(H,32,35)(H,39,40)/t14-,15-,19-,20-,21-/m0/s1. The summed E-state index contributed by atoms with van der Waals surface area (Å²) in [5.41, 5.74) is 7.20. The SMILES string of the molecule is C[C@H](NC(=O)[C@@H]1CCCN1C(=O)[C@H](C)NC(=O)[C@@H](N)Cc1cnc[nH]1)C(=O)N[C@@H](Cc1ccc(O)cc1)C(=O)O. The number of amides is 4. The van der Waals surface area contributed by atoms with Gasteiger partial charge in [0.05, 0.1) is 12.4 Å². The Labute approximate surface area is 230 Å². The smallest absolute Gasteiger partial charge is 0.326 e. The summed E-state index contributed by atoms with van der Waals surface area (Å²) < 4.78 is 0. The topological polar surface area (TPSA) is 220 Å². The van der Waals surface area contributed by atoms with Crippen LogP contribution in [0.1, 0.15) is 37.9 Å². The Morgan fingerprint density at radius 3 is 2.38 bits per heavy atom. The zero-order chi connectivity index (χ0) is 29.4. The number of H-pyrrole nitrogens is 1. The van der Waals surface area contributed by atoms with Gasteiger partial charge in [-0.1, -0.05) is 12.1 Å². The molecule has 1 aromatic carbocycles. The number of aromatic nitrogens is 2. The van der Waals surface area contributed by atoms with Crippen molar-refractivity contribution < 1.29 is 34.2 Å². The molecule has 8 N–H and O–H groups in total. The molecule has 0 bridgehead atoms. The van der Waals surface area contributed by atoms with Crippen LogP contribution >= 0.6 is 0 Å². The molecule has 40 heavy (non-hydrogen) atoms. The van der Waals surface area contributed by atoms with Crippen molar-refractivity contribution in [3.63, 3.8) is 0 Å². The number of aromatic hydroxyl groups is 1. The third-order valence-electron chi connectivity index (χ3n) is 6.64. The van der Waals surface area contributed by atoms with E-state index in [2.05, 4.69) is 25.9 Å². The largest absolute Gasteiger partial charge is 0.508 e. The number of nitrogens with zero attached hydrogens (tertiary/aromatic N) is 2. The van der Waals surface area contributed by atoms with Crippen molar-refractivity contribution in [2.24, 2.45) is 5.73 Å². The van der Waals surface area contributed by atoms with Gasteiger partial charge in [-0.15, -0.1) is 0 Å². The molecule has 1 saturated heterocycles. The Bertz CT molecular complexity index is 1200. The van der Waals surface area contributed by atoms with Crippen LogP contribution in [-0.2, 0) is 36.8 Å². The summed E-state index contributed by atoms with van der Waals surface area (Å²) in [6.07, 6.45) is 4.12. The molecule has 1 aliphatic heterocycles. The highest BCUT2D eigenvalue weighted by Gasteiger charge is 2.37. The van der Waals surface area contributed by atoms with E-state index in [9.17, 15) is 34.2 Å². The minimum absolute atomic E-state index is 0.0257. The number of aliphatic carboxylic acids is 1. The zero-order valence-corrected chi connectivity index (χ0v) is 22.3. The van der Waals surface area contributed by atoms with E-state index in [0.29, 0.717) is 30.6 Å². The first-order chi connectivity index (χ1) is 19.0. The number of imidazole rings is 1. The lowest BCUT2D eigenvalue weighted by Gasteiger charge is -2.28. The summed E-state index contributed by atoms with van der Waals surface area (Å²) in [5.74, 6) is -3.48. The maximum atomic E-state index is 13.1. The van der Waals surface area contributed by atoms with Crippen molar-refractivity contribution >= 4 is 29.6 Å². The molecule has 1 aromatic heterocycles. The van der Waals surface area contributed by atoms with Crippen molar-refractivity contribution in [2.45, 2.75) is 69.7 Å². The van der Waals surface area contributed by atoms with Gasteiger partial charge in [0, 0.05) is 31.3 Å². The van der Waals surface area contributed by atoms with E-state index in [1.54, 1.807) is 18.3 Å². The molecule has 0 radical (unpaired) electrons. The molecule has 0 saturated carbocycles. The highest BCUT2D eigenvalue weighted by molar-refractivity contribution is 5.95. The average molecular weight is 558 g/mol. The number of likely N-dealkylation sites (tertiary alicyclic amines) is 1. The van der Waals surface area contributed by atoms with Gasteiger partial charge in [0.2, 0.25) is 23.6 Å². The van der Waals surface area contributed by atoms with Crippen molar-refractivity contribution in [3.8, 4) is 5.75 Å². The number of aromatic amines is 1. The Hall–Kier alpha value is -4.46. The molecule has 3 rings (SSSR count). The van der Waals surface area contributed by atoms with E-state index < -0.39 is 59.8 Å². The van der Waals surface area contributed by atoms with Gasteiger partial charge in [-0.3, -0.25) is 19.2 Å². The van der Waals surface area contributed by atoms with E-state index in [1.807, 2.05) is 0 Å². The molecule has 14 nitrogen and oxygen atoms in total. The van der Waals surface area contributed by atoms with E-state index in [0.717, 1.165) is 0 Å². The minimum Gasteiger partial charge on any atom is -0.508 e. The maximum Gasteiger partial charge on any atom is 0.326 e. The lowest BCUT2D eigenvalue weighted by atomic mass is 10.1. The normalized spacial score (nSPS) is 17.8. The van der Waals surface area contributed by atoms with Gasteiger partial charge in [0.25, 0.3) is 0 Å². The third kappa shape index (κ3) is 8.02. The van der Waals surface area contributed by atoms with Crippen LogP contribution in [0.15, 0.2) is 36.8 Å². The minimum atomic E-state index is -1.26. The summed E-state index contributed by atoms with van der Waals surface area (Å²) in [7, 11) is 0. The number of nitrogens with two attached hydrogens (primary N) is 1. The van der Waals surface area contributed by atoms with E-state index in [-0.39, 0.29) is 18.6 Å². The van der Waals surface area contributed by atoms with Crippen LogP contribution in [0.4, 0.5) is 0 Å². The van der Waals surface area contributed by atoms with Crippen LogP contribution < -0.4 is 21.7 Å². The van der Waals surface area contributed by atoms with Crippen LogP contribution in [0.3, 0.4) is 0 Å². The average Bonchev–Trinajstić information content (AvgIpc) is 3.61. The fourth-order valence-corrected chi connectivity index (χ4v) is 4.40. The van der Waals surface area contributed by atoms with Crippen molar-refractivity contribution in [1.82, 2.24) is 30.8 Å². The molecule has 0 aliphatic carbocycles. The van der Waals surface area contributed by atoms with Crippen LogP contribution in [-0.4, -0.2) is 91.4 Å². The molecule has 5 atom stereocenters. The second kappa shape index (κ2) is 13.6. The first kappa shape index (κ1) is 30.1. The number of carboxylic acids is 1. The number of carbonyl (C=O) groups excluding carboxylic acids is 4. The Kier molecular flexibility index (Phi) is 10.2. The molecule has 2 aromatic rings. The fraction of sp³-hybridized carbons (Fsp3) is 0.462. The second-order valence-electron chi connectivity index (χ2n) is 9.81. The number of hydrogen-bond donors (Lipinski definition) is 7. The zero-order valence-electron chi connectivity index (χ0n) is 22.3. The molecule has 1 fully saturated rings. The molecule has 1 aliphatic rings. The highest BCUT2D eigenvalue weighted by Crippen LogP contribution is 2.19. The Balaban J connectivity index is 1.53. The predicted octanol–water partition coefficient (Wildman–Crippen LogP) is -1.20. The molecule has 4 amide bonds. The highest BCUT2D eigenvalue weighted by atomic mass is 16.4. The van der Waals surface area contributed by atoms with Gasteiger partial charge in [-0.2, -0.15) is 0 Å². The number of phenols is 1. The first-order valence-electron chi connectivity index (χ1n) is 12.9. The van der Waals surface area contributed by atoms with Gasteiger partial charge in [-0.25, -0.2) is 9.78 Å². The van der Waals surface area contributed by atoms with Gasteiger partial charge in [-0.05, 0) is 44.4 Å². The van der Waals surface area contributed by atoms with Crippen LogP contribution in [0, 0.1) is 0 Å². The summed E-state index contributed by atoms with van der Waals surface area (Å²) in [6, 6.07) is 0.880. The van der Waals surface area contributed by atoms with Crippen molar-refractivity contribution in [1.29, 1.82) is 0 Å². The predicted molar refractivity (Wildman–Crippen MR) is 142 cm³/mol. The second-order valence-corrected chi connectivity index (χ2v) is 9.81. The van der Waals surface area contributed by atoms with E-state index in [1.165, 1.54) is 37.2 Å². The molecule has 2 heterocycles. The Morgan fingerprint density at radius 1 is 1.05 bits per heavy atom. The number of nitrogens with one attached hydrogen (secondary N) is 4. The molecule has 216 valence electrons. The summed E-state index contributed by atoms with van der Waals surface area (Å²) in [4.78, 5) is 71.1. The summed E-state index contributed by atoms with van der Waals surface area (Å²) in [5, 5.41) is 26.5. The van der Waals surface area contributed by atoms with Crippen LogP contribution in [0.2, 0.25) is 0 Å². The number of carboxylic acid groups (broad SMARTS) is 1. The maximum absolute atomic E-state index is 13.1. The monoisotopic (exact) mass is 557 g/mol. The molecule has 0 spiro atoms. The number of benzene rings is 1. The summed E-state index contributed by atoms with van der Waals surface area (Å²) >= 11 is 0. The van der Waals surface area contributed by atoms with Crippen LogP contribution in [0.25, 0.3) is 0 Å². The van der Waals surface area contributed by atoms with Gasteiger partial charge in [0.1, 0.15) is 29.9 Å². The molecule has 0 unspecified atom stereocenters. The van der Waals surface area contributed by atoms with E-state index in [4.69, 9.17) is 5.73 Å². The van der Waals surface area contributed by atoms with Gasteiger partial charge in [0.15, 0.2) is 0 Å². The quantitative estimate of drug-likeness (QED) is 0.166. The number of rotatable bonds is 12. The molecular weight excluding hydrogens is 522 g/mol. The lowest BCUT2D eigenvalue weighted by Crippen LogP contribution is -2.57. The number of carbonyl (C=O) groups is 5. The first-order valence-corrected chi connectivity index (χ1v) is 12.9. The molecule has 14 heteroatoms. The van der Waals surface area contributed by atoms with E-state index >= 15 is 0 Å². The summed E-state index contributed by atoms with van der Waals surface area (Å²) in [6.45, 7) is 3.22. The number of phenolic OH excluding ortho intramolecular Hbond substituents is 1. The third-order valence-corrected chi connectivity index (χ3v) is 6.64.